The molecule has 17 heavy (non-hydrogen) atoms. The Morgan fingerprint density at radius 2 is 2.24 bits per heavy atom. The van der Waals surface area contributed by atoms with Crippen molar-refractivity contribution < 1.29 is 9.50 Å². The minimum atomic E-state index is -1.01. The molecule has 1 aromatic rings. The Morgan fingerprint density at radius 3 is 2.88 bits per heavy atom. The van der Waals surface area contributed by atoms with Gasteiger partial charge in [-0.15, -0.1) is 0 Å². The lowest BCUT2D eigenvalue weighted by Crippen LogP contribution is -2.41. The van der Waals surface area contributed by atoms with Crippen molar-refractivity contribution in [1.29, 1.82) is 0 Å². The molecule has 3 heteroatoms. The van der Waals surface area contributed by atoms with Gasteiger partial charge in [-0.3, -0.25) is 4.98 Å². The minimum Gasteiger partial charge on any atom is -0.385 e. The molecule has 0 aliphatic heterocycles. The van der Waals surface area contributed by atoms with Gasteiger partial charge in [0, 0.05) is 11.8 Å². The fraction of sp³-hybridized carbons (Fsp3) is 0.643. The molecule has 0 aromatic carbocycles. The smallest absolute Gasteiger partial charge is 0.147 e. The molecule has 0 saturated heterocycles. The predicted octanol–water partition coefficient (Wildman–Crippen LogP) is 3.25. The van der Waals surface area contributed by atoms with E-state index in [0.717, 1.165) is 19.3 Å². The first-order valence-corrected chi connectivity index (χ1v) is 6.38. The SMILES string of the molecule is CC(C)C1CCCCC1(O)c1ccncc1F. The lowest BCUT2D eigenvalue weighted by Gasteiger charge is -2.42. The Kier molecular flexibility index (Phi) is 3.48. The molecule has 1 saturated carbocycles. The van der Waals surface area contributed by atoms with Crippen molar-refractivity contribution in [3.63, 3.8) is 0 Å². The summed E-state index contributed by atoms with van der Waals surface area (Å²) in [5.74, 6) is 0.101. The van der Waals surface area contributed by atoms with Crippen molar-refractivity contribution in [1.82, 2.24) is 4.98 Å². The first kappa shape index (κ1) is 12.5. The number of aliphatic hydroxyl groups is 1. The molecule has 0 radical (unpaired) electrons. The summed E-state index contributed by atoms with van der Waals surface area (Å²) in [5, 5.41) is 10.9. The number of aromatic nitrogens is 1. The summed E-state index contributed by atoms with van der Waals surface area (Å²) in [5.41, 5.74) is -0.592. The van der Waals surface area contributed by atoms with Crippen LogP contribution in [0.3, 0.4) is 0 Å². The van der Waals surface area contributed by atoms with Crippen LogP contribution in [-0.4, -0.2) is 10.1 Å². The van der Waals surface area contributed by atoms with Crippen LogP contribution in [0.1, 0.15) is 45.1 Å². The fourth-order valence-electron chi connectivity index (χ4n) is 3.13. The van der Waals surface area contributed by atoms with Crippen LogP contribution in [0, 0.1) is 17.7 Å². The van der Waals surface area contributed by atoms with Crippen LogP contribution >= 0.6 is 0 Å². The lowest BCUT2D eigenvalue weighted by atomic mass is 9.67. The second-order valence-electron chi connectivity index (χ2n) is 5.38. The average molecular weight is 237 g/mol. The van der Waals surface area contributed by atoms with Crippen LogP contribution in [-0.2, 0) is 5.60 Å². The van der Waals surface area contributed by atoms with E-state index in [4.69, 9.17) is 0 Å². The Hall–Kier alpha value is -0.960. The van der Waals surface area contributed by atoms with E-state index in [1.54, 1.807) is 12.3 Å². The van der Waals surface area contributed by atoms with Gasteiger partial charge >= 0.3 is 0 Å². The van der Waals surface area contributed by atoms with Gasteiger partial charge in [-0.25, -0.2) is 4.39 Å². The van der Waals surface area contributed by atoms with E-state index in [1.165, 1.54) is 6.20 Å². The normalized spacial score (nSPS) is 29.6. The molecule has 1 N–H and O–H groups in total. The summed E-state index contributed by atoms with van der Waals surface area (Å²) in [6, 6.07) is 1.62. The first-order valence-electron chi connectivity index (χ1n) is 6.38. The number of hydrogen-bond acceptors (Lipinski definition) is 2. The van der Waals surface area contributed by atoms with Gasteiger partial charge in [0.1, 0.15) is 5.82 Å². The van der Waals surface area contributed by atoms with Crippen LogP contribution in [0.5, 0.6) is 0 Å². The van der Waals surface area contributed by atoms with Crippen molar-refractivity contribution >= 4 is 0 Å². The molecule has 2 atom stereocenters. The molecular weight excluding hydrogens is 217 g/mol. The zero-order valence-electron chi connectivity index (χ0n) is 10.5. The predicted molar refractivity (Wildman–Crippen MR) is 64.9 cm³/mol. The van der Waals surface area contributed by atoms with Gasteiger partial charge in [0.2, 0.25) is 0 Å². The quantitative estimate of drug-likeness (QED) is 0.856. The Bertz CT molecular complexity index is 394. The Labute approximate surface area is 102 Å². The van der Waals surface area contributed by atoms with Gasteiger partial charge in [-0.2, -0.15) is 0 Å². The Balaban J connectivity index is 2.41. The molecule has 1 aliphatic rings. The van der Waals surface area contributed by atoms with E-state index >= 15 is 0 Å². The van der Waals surface area contributed by atoms with Gasteiger partial charge in [-0.1, -0.05) is 26.7 Å². The number of hydrogen-bond donors (Lipinski definition) is 1. The molecule has 1 aromatic heterocycles. The van der Waals surface area contributed by atoms with Gasteiger partial charge in [0.25, 0.3) is 0 Å². The molecule has 2 unspecified atom stereocenters. The van der Waals surface area contributed by atoms with E-state index in [0.29, 0.717) is 17.9 Å². The average Bonchev–Trinajstić information content (AvgIpc) is 2.29. The Morgan fingerprint density at radius 1 is 1.47 bits per heavy atom. The maximum atomic E-state index is 13.8. The second-order valence-corrected chi connectivity index (χ2v) is 5.38. The molecule has 1 fully saturated rings. The third kappa shape index (κ3) is 2.21. The summed E-state index contributed by atoms with van der Waals surface area (Å²) in [4.78, 5) is 3.75. The van der Waals surface area contributed by atoms with Crippen molar-refractivity contribution in [3.8, 4) is 0 Å². The van der Waals surface area contributed by atoms with E-state index in [2.05, 4.69) is 18.8 Å². The van der Waals surface area contributed by atoms with E-state index in [9.17, 15) is 9.50 Å². The third-order valence-electron chi connectivity index (χ3n) is 3.98. The van der Waals surface area contributed by atoms with Crippen LogP contribution in [0.2, 0.25) is 0 Å². The van der Waals surface area contributed by atoms with Gasteiger partial charge in [-0.05, 0) is 30.7 Å². The standard InChI is InChI=1S/C14H20FNO/c1-10(2)11-5-3-4-7-14(11,17)12-6-8-16-9-13(12)15/h6,8-11,17H,3-5,7H2,1-2H3. The minimum absolute atomic E-state index is 0.133. The number of pyridine rings is 1. The van der Waals surface area contributed by atoms with E-state index in [-0.39, 0.29) is 11.7 Å². The summed E-state index contributed by atoms with van der Waals surface area (Å²) in [7, 11) is 0. The highest BCUT2D eigenvalue weighted by molar-refractivity contribution is 5.23. The maximum absolute atomic E-state index is 13.8. The molecule has 94 valence electrons. The first-order chi connectivity index (χ1) is 8.05. The van der Waals surface area contributed by atoms with Crippen molar-refractivity contribution in [2.45, 2.75) is 45.1 Å². The second kappa shape index (κ2) is 4.73. The summed E-state index contributed by atoms with van der Waals surface area (Å²) in [6.45, 7) is 4.19. The molecular formula is C14H20FNO. The highest BCUT2D eigenvalue weighted by Gasteiger charge is 2.43. The zero-order chi connectivity index (χ0) is 12.5. The molecule has 1 aliphatic carbocycles. The topological polar surface area (TPSA) is 33.1 Å². The number of nitrogens with zero attached hydrogens (tertiary/aromatic N) is 1. The highest BCUT2D eigenvalue weighted by atomic mass is 19.1. The monoisotopic (exact) mass is 237 g/mol. The van der Waals surface area contributed by atoms with Gasteiger partial charge in [0.15, 0.2) is 0 Å². The van der Waals surface area contributed by atoms with Gasteiger partial charge in [0.05, 0.1) is 11.8 Å². The van der Waals surface area contributed by atoms with Crippen molar-refractivity contribution in [2.75, 3.05) is 0 Å². The zero-order valence-corrected chi connectivity index (χ0v) is 10.5. The molecule has 2 rings (SSSR count). The van der Waals surface area contributed by atoms with Crippen molar-refractivity contribution in [2.24, 2.45) is 11.8 Å². The molecule has 0 bridgehead atoms. The molecule has 1 heterocycles. The van der Waals surface area contributed by atoms with Crippen LogP contribution in [0.25, 0.3) is 0 Å². The largest absolute Gasteiger partial charge is 0.385 e. The number of halogens is 1. The molecule has 0 amide bonds. The van der Waals surface area contributed by atoms with E-state index < -0.39 is 5.60 Å². The van der Waals surface area contributed by atoms with Crippen LogP contribution < -0.4 is 0 Å². The fourth-order valence-corrected chi connectivity index (χ4v) is 3.13. The van der Waals surface area contributed by atoms with Gasteiger partial charge < -0.3 is 5.11 Å². The lowest BCUT2D eigenvalue weighted by molar-refractivity contribution is -0.0745. The summed E-state index contributed by atoms with van der Waals surface area (Å²) in [6.07, 6.45) is 6.45. The summed E-state index contributed by atoms with van der Waals surface area (Å²) >= 11 is 0. The maximum Gasteiger partial charge on any atom is 0.147 e. The number of rotatable bonds is 2. The van der Waals surface area contributed by atoms with Crippen LogP contribution in [0.15, 0.2) is 18.5 Å². The third-order valence-corrected chi connectivity index (χ3v) is 3.98. The van der Waals surface area contributed by atoms with E-state index in [1.807, 2.05) is 0 Å². The summed E-state index contributed by atoms with van der Waals surface area (Å²) < 4.78 is 13.8. The highest BCUT2D eigenvalue weighted by Crippen LogP contribution is 2.45. The van der Waals surface area contributed by atoms with Crippen molar-refractivity contribution in [3.05, 3.63) is 29.8 Å². The molecule has 0 spiro atoms. The van der Waals surface area contributed by atoms with Crippen LogP contribution in [0.4, 0.5) is 4.39 Å². The molecule has 2 nitrogen and oxygen atoms in total.